The van der Waals surface area contributed by atoms with Crippen molar-refractivity contribution in [2.45, 2.75) is 27.3 Å². The molecule has 0 atom stereocenters. The maximum atomic E-state index is 5.30. The van der Waals surface area contributed by atoms with Gasteiger partial charge in [0, 0.05) is 19.2 Å². The number of nitrogens with one attached hydrogen (secondary N) is 2. The maximum Gasteiger partial charge on any atom is 0.323 e. The van der Waals surface area contributed by atoms with Crippen LogP contribution in [0, 0.1) is 13.8 Å². The molecule has 0 bridgehead atoms. The molecule has 8 nitrogen and oxygen atoms in total. The summed E-state index contributed by atoms with van der Waals surface area (Å²) in [6.45, 7) is 6.66. The van der Waals surface area contributed by atoms with Crippen molar-refractivity contribution in [1.29, 1.82) is 0 Å². The Hall–Kier alpha value is -2.38. The van der Waals surface area contributed by atoms with Crippen LogP contribution in [0.1, 0.15) is 23.9 Å². The van der Waals surface area contributed by atoms with E-state index in [4.69, 9.17) is 9.26 Å². The Labute approximate surface area is 117 Å². The number of aromatic nitrogens is 4. The summed E-state index contributed by atoms with van der Waals surface area (Å²) in [5.41, 5.74) is 1.84. The van der Waals surface area contributed by atoms with Crippen molar-refractivity contribution in [1.82, 2.24) is 20.1 Å². The zero-order chi connectivity index (χ0) is 14.5. The van der Waals surface area contributed by atoms with E-state index in [0.717, 1.165) is 17.0 Å². The second-order valence-electron chi connectivity index (χ2n) is 4.10. The van der Waals surface area contributed by atoms with Crippen molar-refractivity contribution >= 4 is 11.9 Å². The third-order valence-corrected chi connectivity index (χ3v) is 2.72. The number of hydrogen-bond donors (Lipinski definition) is 2. The topological polar surface area (TPSA) is 98.0 Å². The molecule has 0 fully saturated rings. The third kappa shape index (κ3) is 3.14. The van der Waals surface area contributed by atoms with E-state index in [1.807, 2.05) is 20.8 Å². The molecule has 0 aromatic carbocycles. The fourth-order valence-corrected chi connectivity index (χ4v) is 1.66. The van der Waals surface area contributed by atoms with Crippen molar-refractivity contribution in [3.63, 3.8) is 0 Å². The molecule has 2 N–H and O–H groups in total. The molecule has 0 aliphatic rings. The van der Waals surface area contributed by atoms with E-state index in [1.165, 1.54) is 0 Å². The molecule has 2 aromatic heterocycles. The average molecular weight is 278 g/mol. The Kier molecular flexibility index (Phi) is 4.34. The molecule has 0 aliphatic heterocycles. The number of anilines is 2. The summed E-state index contributed by atoms with van der Waals surface area (Å²) in [5, 5.41) is 9.89. The lowest BCUT2D eigenvalue weighted by Crippen LogP contribution is -2.10. The molecule has 0 saturated heterocycles. The minimum absolute atomic E-state index is 0.285. The van der Waals surface area contributed by atoms with Crippen molar-refractivity contribution in [3.05, 3.63) is 17.0 Å². The highest BCUT2D eigenvalue weighted by atomic mass is 16.5. The number of hydrogen-bond acceptors (Lipinski definition) is 8. The first-order valence-corrected chi connectivity index (χ1v) is 6.36. The first kappa shape index (κ1) is 14.0. The van der Waals surface area contributed by atoms with Gasteiger partial charge in [0.1, 0.15) is 5.76 Å². The van der Waals surface area contributed by atoms with Gasteiger partial charge < -0.3 is 19.9 Å². The summed E-state index contributed by atoms with van der Waals surface area (Å²) < 4.78 is 10.4. The molecule has 0 aliphatic carbocycles. The fraction of sp³-hybridized carbons (Fsp3) is 0.500. The Balaban J connectivity index is 2.14. The fourth-order valence-electron chi connectivity index (χ4n) is 1.66. The highest BCUT2D eigenvalue weighted by molar-refractivity contribution is 5.37. The molecular formula is C12H18N6O2. The van der Waals surface area contributed by atoms with Crippen molar-refractivity contribution in [2.24, 2.45) is 0 Å². The van der Waals surface area contributed by atoms with Gasteiger partial charge in [0.15, 0.2) is 0 Å². The molecule has 0 unspecified atom stereocenters. The Morgan fingerprint density at radius 2 is 1.90 bits per heavy atom. The zero-order valence-corrected chi connectivity index (χ0v) is 12.0. The lowest BCUT2D eigenvalue weighted by molar-refractivity contribution is 0.312. The first-order chi connectivity index (χ1) is 9.63. The zero-order valence-electron chi connectivity index (χ0n) is 12.0. The van der Waals surface area contributed by atoms with Crippen LogP contribution in [0.3, 0.4) is 0 Å². The van der Waals surface area contributed by atoms with Crippen LogP contribution in [-0.4, -0.2) is 33.8 Å². The summed E-state index contributed by atoms with van der Waals surface area (Å²) in [6.07, 6.45) is 0. The standard InChI is InChI=1S/C12H18N6O2/c1-5-19-12-16-10(13-4)15-11(17-12)14-6-9-7(2)18-20-8(9)3/h5-6H2,1-4H3,(H2,13,14,15,16,17). The van der Waals surface area contributed by atoms with Crippen LogP contribution in [0.4, 0.5) is 11.9 Å². The van der Waals surface area contributed by atoms with Crippen molar-refractivity contribution < 1.29 is 9.26 Å². The van der Waals surface area contributed by atoms with Crippen molar-refractivity contribution in [2.75, 3.05) is 24.3 Å². The average Bonchev–Trinajstić information content (AvgIpc) is 2.76. The van der Waals surface area contributed by atoms with E-state index in [0.29, 0.717) is 25.0 Å². The number of nitrogens with zero attached hydrogens (tertiary/aromatic N) is 4. The minimum atomic E-state index is 0.285. The summed E-state index contributed by atoms with van der Waals surface area (Å²) in [7, 11) is 1.74. The molecule has 2 rings (SSSR count). The van der Waals surface area contributed by atoms with Gasteiger partial charge in [0.05, 0.1) is 12.3 Å². The molecule has 108 valence electrons. The smallest absolute Gasteiger partial charge is 0.323 e. The van der Waals surface area contributed by atoms with Gasteiger partial charge in [-0.3, -0.25) is 0 Å². The van der Waals surface area contributed by atoms with E-state index in [9.17, 15) is 0 Å². The molecule has 8 heteroatoms. The molecule has 2 heterocycles. The van der Waals surface area contributed by atoms with Crippen LogP contribution >= 0.6 is 0 Å². The van der Waals surface area contributed by atoms with Crippen LogP contribution in [0.25, 0.3) is 0 Å². The number of ether oxygens (including phenoxy) is 1. The van der Waals surface area contributed by atoms with E-state index in [1.54, 1.807) is 7.05 Å². The van der Waals surface area contributed by atoms with Gasteiger partial charge >= 0.3 is 6.01 Å². The molecule has 0 spiro atoms. The summed E-state index contributed by atoms with van der Waals surface area (Å²) in [4.78, 5) is 12.5. The predicted octanol–water partition coefficient (Wildman–Crippen LogP) is 1.53. The molecular weight excluding hydrogens is 260 g/mol. The number of aryl methyl sites for hydroxylation is 2. The molecule has 0 amide bonds. The maximum absolute atomic E-state index is 5.30. The molecule has 0 saturated carbocycles. The highest BCUT2D eigenvalue weighted by Crippen LogP contribution is 2.15. The lowest BCUT2D eigenvalue weighted by atomic mass is 10.2. The van der Waals surface area contributed by atoms with Crippen LogP contribution in [-0.2, 0) is 6.54 Å². The van der Waals surface area contributed by atoms with Gasteiger partial charge in [-0.15, -0.1) is 0 Å². The third-order valence-electron chi connectivity index (χ3n) is 2.72. The van der Waals surface area contributed by atoms with Crippen LogP contribution in [0.15, 0.2) is 4.52 Å². The van der Waals surface area contributed by atoms with Gasteiger partial charge in [0.25, 0.3) is 0 Å². The normalized spacial score (nSPS) is 10.4. The summed E-state index contributed by atoms with van der Waals surface area (Å²) in [5.74, 6) is 1.67. The second-order valence-corrected chi connectivity index (χ2v) is 4.10. The lowest BCUT2D eigenvalue weighted by Gasteiger charge is -2.08. The van der Waals surface area contributed by atoms with E-state index < -0.39 is 0 Å². The summed E-state index contributed by atoms with van der Waals surface area (Å²) in [6, 6.07) is 0.285. The second kappa shape index (κ2) is 6.18. The van der Waals surface area contributed by atoms with E-state index in [2.05, 4.69) is 30.7 Å². The Morgan fingerprint density at radius 1 is 1.15 bits per heavy atom. The van der Waals surface area contributed by atoms with E-state index >= 15 is 0 Å². The Morgan fingerprint density at radius 3 is 2.50 bits per heavy atom. The highest BCUT2D eigenvalue weighted by Gasteiger charge is 2.11. The van der Waals surface area contributed by atoms with Crippen LogP contribution in [0.2, 0.25) is 0 Å². The molecule has 2 aromatic rings. The monoisotopic (exact) mass is 278 g/mol. The van der Waals surface area contributed by atoms with Gasteiger partial charge in [-0.2, -0.15) is 15.0 Å². The number of rotatable bonds is 6. The molecule has 20 heavy (non-hydrogen) atoms. The largest absolute Gasteiger partial charge is 0.464 e. The van der Waals surface area contributed by atoms with Crippen LogP contribution in [0.5, 0.6) is 6.01 Å². The quantitative estimate of drug-likeness (QED) is 0.821. The van der Waals surface area contributed by atoms with Gasteiger partial charge in [-0.25, -0.2) is 0 Å². The minimum Gasteiger partial charge on any atom is -0.464 e. The van der Waals surface area contributed by atoms with Gasteiger partial charge in [0.2, 0.25) is 11.9 Å². The predicted molar refractivity (Wildman–Crippen MR) is 73.8 cm³/mol. The van der Waals surface area contributed by atoms with Crippen LogP contribution < -0.4 is 15.4 Å². The van der Waals surface area contributed by atoms with E-state index in [-0.39, 0.29) is 6.01 Å². The SMILES string of the molecule is CCOc1nc(NC)nc(NCc2c(C)noc2C)n1. The first-order valence-electron chi connectivity index (χ1n) is 6.36. The molecule has 0 radical (unpaired) electrons. The van der Waals surface area contributed by atoms with Gasteiger partial charge in [-0.05, 0) is 20.8 Å². The Bertz CT molecular complexity index is 564. The summed E-state index contributed by atoms with van der Waals surface area (Å²) >= 11 is 0. The van der Waals surface area contributed by atoms with Gasteiger partial charge in [-0.1, -0.05) is 5.16 Å². The van der Waals surface area contributed by atoms with Crippen molar-refractivity contribution in [3.8, 4) is 6.01 Å².